The SMILES string of the molecule is O=C(OCCl)OC1CCCCCC1. The monoisotopic (exact) mass is 206 g/mol. The van der Waals surface area contributed by atoms with Crippen LogP contribution in [0.3, 0.4) is 0 Å². The minimum Gasteiger partial charge on any atom is -0.431 e. The van der Waals surface area contributed by atoms with Crippen LogP contribution in [0.2, 0.25) is 0 Å². The van der Waals surface area contributed by atoms with E-state index in [2.05, 4.69) is 4.74 Å². The van der Waals surface area contributed by atoms with Crippen LogP contribution < -0.4 is 0 Å². The highest BCUT2D eigenvalue weighted by Crippen LogP contribution is 2.20. The standard InChI is InChI=1S/C9H15ClO3/c10-7-12-9(11)13-8-5-3-1-2-4-6-8/h8H,1-7H2. The highest BCUT2D eigenvalue weighted by atomic mass is 35.5. The lowest BCUT2D eigenvalue weighted by atomic mass is 10.2. The van der Waals surface area contributed by atoms with Crippen molar-refractivity contribution in [2.24, 2.45) is 0 Å². The van der Waals surface area contributed by atoms with Crippen molar-refractivity contribution in [1.82, 2.24) is 0 Å². The number of ether oxygens (including phenoxy) is 2. The van der Waals surface area contributed by atoms with Crippen LogP contribution in [0.4, 0.5) is 4.79 Å². The van der Waals surface area contributed by atoms with Crippen molar-refractivity contribution < 1.29 is 14.3 Å². The molecular formula is C9H15ClO3. The molecule has 1 aliphatic carbocycles. The van der Waals surface area contributed by atoms with E-state index in [0.29, 0.717) is 0 Å². The summed E-state index contributed by atoms with van der Waals surface area (Å²) in [5, 5.41) is 0. The van der Waals surface area contributed by atoms with Crippen molar-refractivity contribution in [2.45, 2.75) is 44.6 Å². The number of halogens is 1. The summed E-state index contributed by atoms with van der Waals surface area (Å²) >= 11 is 5.22. The van der Waals surface area contributed by atoms with Crippen LogP contribution >= 0.6 is 11.6 Å². The quantitative estimate of drug-likeness (QED) is 0.396. The second kappa shape index (κ2) is 6.08. The molecule has 0 saturated heterocycles. The topological polar surface area (TPSA) is 35.5 Å². The molecular weight excluding hydrogens is 192 g/mol. The van der Waals surface area contributed by atoms with Crippen molar-refractivity contribution in [3.05, 3.63) is 0 Å². The first-order valence-electron chi connectivity index (χ1n) is 4.72. The molecule has 0 aliphatic heterocycles. The Kier molecular flexibility index (Phi) is 4.98. The minimum absolute atomic E-state index is 0.0400. The molecule has 76 valence electrons. The van der Waals surface area contributed by atoms with Gasteiger partial charge in [0.15, 0.2) is 6.07 Å². The Hall–Kier alpha value is -0.440. The smallest absolute Gasteiger partial charge is 0.431 e. The Labute approximate surface area is 83.3 Å². The summed E-state index contributed by atoms with van der Waals surface area (Å²) in [6.07, 6.45) is 6.07. The second-order valence-corrected chi connectivity index (χ2v) is 3.45. The van der Waals surface area contributed by atoms with Crippen LogP contribution in [0.1, 0.15) is 38.5 Å². The molecule has 0 aromatic rings. The van der Waals surface area contributed by atoms with E-state index in [1.165, 1.54) is 12.8 Å². The van der Waals surface area contributed by atoms with Crippen LogP contribution in [-0.4, -0.2) is 18.3 Å². The summed E-state index contributed by atoms with van der Waals surface area (Å²) < 4.78 is 9.56. The van der Waals surface area contributed by atoms with Gasteiger partial charge in [0.1, 0.15) is 6.10 Å². The Morgan fingerprint density at radius 1 is 1.23 bits per heavy atom. The van der Waals surface area contributed by atoms with Gasteiger partial charge in [0.2, 0.25) is 0 Å². The fourth-order valence-electron chi connectivity index (χ4n) is 1.57. The molecule has 0 unspecified atom stereocenters. The molecule has 0 amide bonds. The van der Waals surface area contributed by atoms with Gasteiger partial charge in [0.25, 0.3) is 0 Å². The van der Waals surface area contributed by atoms with Crippen molar-refractivity contribution in [3.8, 4) is 0 Å². The summed E-state index contributed by atoms with van der Waals surface area (Å²) in [6, 6.07) is -0.133. The van der Waals surface area contributed by atoms with Gasteiger partial charge in [-0.05, 0) is 25.7 Å². The first-order valence-corrected chi connectivity index (χ1v) is 5.26. The van der Waals surface area contributed by atoms with Gasteiger partial charge in [0, 0.05) is 0 Å². The lowest BCUT2D eigenvalue weighted by Crippen LogP contribution is -2.17. The van der Waals surface area contributed by atoms with Gasteiger partial charge in [-0.25, -0.2) is 4.79 Å². The molecule has 1 aliphatic rings. The number of carbonyl (C=O) groups is 1. The maximum absolute atomic E-state index is 10.9. The van der Waals surface area contributed by atoms with E-state index in [-0.39, 0.29) is 12.2 Å². The molecule has 1 fully saturated rings. The van der Waals surface area contributed by atoms with Gasteiger partial charge in [-0.2, -0.15) is 0 Å². The highest BCUT2D eigenvalue weighted by molar-refractivity contribution is 6.17. The van der Waals surface area contributed by atoms with Crippen LogP contribution in [0.5, 0.6) is 0 Å². The normalized spacial score (nSPS) is 19.2. The van der Waals surface area contributed by atoms with E-state index in [0.717, 1.165) is 25.7 Å². The Morgan fingerprint density at radius 2 is 1.85 bits per heavy atom. The molecule has 0 aromatic heterocycles. The van der Waals surface area contributed by atoms with E-state index < -0.39 is 6.16 Å². The van der Waals surface area contributed by atoms with Crippen molar-refractivity contribution in [1.29, 1.82) is 0 Å². The van der Waals surface area contributed by atoms with E-state index in [1.807, 2.05) is 0 Å². The fourth-order valence-corrected chi connectivity index (χ4v) is 1.66. The Morgan fingerprint density at radius 3 is 2.38 bits per heavy atom. The number of hydrogen-bond donors (Lipinski definition) is 0. The maximum atomic E-state index is 10.9. The predicted molar refractivity (Wildman–Crippen MR) is 49.8 cm³/mol. The molecule has 0 radical (unpaired) electrons. The van der Waals surface area contributed by atoms with Crippen LogP contribution in [0.15, 0.2) is 0 Å². The van der Waals surface area contributed by atoms with Crippen molar-refractivity contribution in [3.63, 3.8) is 0 Å². The van der Waals surface area contributed by atoms with Gasteiger partial charge in [-0.3, -0.25) is 0 Å². The molecule has 1 saturated carbocycles. The van der Waals surface area contributed by atoms with E-state index in [9.17, 15) is 4.79 Å². The molecule has 0 N–H and O–H groups in total. The van der Waals surface area contributed by atoms with Gasteiger partial charge < -0.3 is 9.47 Å². The third-order valence-corrected chi connectivity index (χ3v) is 2.35. The van der Waals surface area contributed by atoms with E-state index in [4.69, 9.17) is 16.3 Å². The van der Waals surface area contributed by atoms with E-state index >= 15 is 0 Å². The molecule has 0 aromatic carbocycles. The molecule has 0 spiro atoms. The third kappa shape index (κ3) is 4.36. The summed E-state index contributed by atoms with van der Waals surface area (Å²) in [6.45, 7) is 0. The average molecular weight is 207 g/mol. The van der Waals surface area contributed by atoms with Crippen LogP contribution in [-0.2, 0) is 9.47 Å². The number of carbonyl (C=O) groups excluding carboxylic acids is 1. The number of rotatable bonds is 2. The number of hydrogen-bond acceptors (Lipinski definition) is 3. The summed E-state index contributed by atoms with van der Waals surface area (Å²) in [7, 11) is 0. The molecule has 0 atom stereocenters. The van der Waals surface area contributed by atoms with Crippen LogP contribution in [0.25, 0.3) is 0 Å². The highest BCUT2D eigenvalue weighted by Gasteiger charge is 2.16. The first kappa shape index (κ1) is 10.6. The third-order valence-electron chi connectivity index (χ3n) is 2.24. The van der Waals surface area contributed by atoms with Gasteiger partial charge in [-0.1, -0.05) is 24.4 Å². The summed E-state index contributed by atoms with van der Waals surface area (Å²) in [5.41, 5.74) is 0. The summed E-state index contributed by atoms with van der Waals surface area (Å²) in [5.74, 6) is 0. The van der Waals surface area contributed by atoms with Crippen molar-refractivity contribution >= 4 is 17.8 Å². The lowest BCUT2D eigenvalue weighted by molar-refractivity contribution is 0.0278. The lowest BCUT2D eigenvalue weighted by Gasteiger charge is -2.13. The second-order valence-electron chi connectivity index (χ2n) is 3.23. The molecule has 13 heavy (non-hydrogen) atoms. The molecule has 1 rings (SSSR count). The molecule has 3 nitrogen and oxygen atoms in total. The van der Waals surface area contributed by atoms with Gasteiger partial charge >= 0.3 is 6.16 Å². The Bertz CT molecular complexity index is 153. The largest absolute Gasteiger partial charge is 0.509 e. The zero-order valence-corrected chi connectivity index (χ0v) is 8.39. The van der Waals surface area contributed by atoms with Gasteiger partial charge in [0.05, 0.1) is 0 Å². The van der Waals surface area contributed by atoms with E-state index in [1.54, 1.807) is 0 Å². The number of alkyl halides is 1. The molecule has 0 bridgehead atoms. The maximum Gasteiger partial charge on any atom is 0.509 e. The zero-order valence-electron chi connectivity index (χ0n) is 7.63. The zero-order chi connectivity index (χ0) is 9.52. The predicted octanol–water partition coefficient (Wildman–Crippen LogP) is 3.06. The first-order chi connectivity index (χ1) is 6.33. The molecule has 4 heteroatoms. The van der Waals surface area contributed by atoms with Gasteiger partial charge in [-0.15, -0.1) is 0 Å². The Balaban J connectivity index is 2.21. The van der Waals surface area contributed by atoms with Crippen molar-refractivity contribution in [2.75, 3.05) is 6.07 Å². The fraction of sp³-hybridized carbons (Fsp3) is 0.889. The summed E-state index contributed by atoms with van der Waals surface area (Å²) in [4.78, 5) is 10.9. The minimum atomic E-state index is -0.637. The average Bonchev–Trinajstić information content (AvgIpc) is 2.33. The molecule has 0 heterocycles. The van der Waals surface area contributed by atoms with Crippen LogP contribution in [0, 0.1) is 0 Å².